The number of benzene rings is 10. The van der Waals surface area contributed by atoms with Crippen LogP contribution in [0.2, 0.25) is 0 Å². The van der Waals surface area contributed by atoms with Crippen molar-refractivity contribution in [3.63, 3.8) is 0 Å². The summed E-state index contributed by atoms with van der Waals surface area (Å²) in [5, 5.41) is 4.97. The lowest BCUT2D eigenvalue weighted by molar-refractivity contribution is 1.28. The van der Waals surface area contributed by atoms with Gasteiger partial charge in [0.15, 0.2) is 0 Å². The third-order valence-electron chi connectivity index (χ3n) is 11.0. The molecule has 0 saturated heterocycles. The largest absolute Gasteiger partial charge is 0.310 e. The first-order chi connectivity index (χ1) is 28.2. The van der Waals surface area contributed by atoms with Gasteiger partial charge in [0.1, 0.15) is 0 Å². The fraction of sp³-hybridized carbons (Fsp3) is 0. The summed E-state index contributed by atoms with van der Waals surface area (Å²) in [4.78, 5) is 2.37. The molecule has 10 aromatic rings. The first kappa shape index (κ1) is 34.0. The SMILES string of the molecule is c1ccc(-c2cccc(-c3ccc(N(c4ccc(-c5c(-c6ccccc6)ccc6ccccc56)cc4)c4cccc(-c5ccc6ccccc6c5)c4)cc3)c2)cc1. The minimum Gasteiger partial charge on any atom is -0.310 e. The molecule has 0 spiro atoms. The van der Waals surface area contributed by atoms with Gasteiger partial charge in [0, 0.05) is 17.1 Å². The summed E-state index contributed by atoms with van der Waals surface area (Å²) in [5.74, 6) is 0. The number of rotatable bonds is 8. The average Bonchev–Trinajstić information content (AvgIpc) is 3.30. The fourth-order valence-corrected chi connectivity index (χ4v) is 8.17. The van der Waals surface area contributed by atoms with Gasteiger partial charge in [0.05, 0.1) is 0 Å². The van der Waals surface area contributed by atoms with Crippen molar-refractivity contribution in [3.8, 4) is 55.6 Å². The van der Waals surface area contributed by atoms with E-state index in [1.165, 1.54) is 77.2 Å². The van der Waals surface area contributed by atoms with Crippen LogP contribution in [0.25, 0.3) is 77.2 Å². The number of hydrogen-bond donors (Lipinski definition) is 0. The van der Waals surface area contributed by atoms with E-state index in [0.717, 1.165) is 17.1 Å². The highest BCUT2D eigenvalue weighted by Crippen LogP contribution is 2.42. The van der Waals surface area contributed by atoms with Gasteiger partial charge >= 0.3 is 0 Å². The van der Waals surface area contributed by atoms with Crippen molar-refractivity contribution in [1.82, 2.24) is 0 Å². The minimum atomic E-state index is 1.09. The quantitative estimate of drug-likeness (QED) is 0.151. The zero-order valence-electron chi connectivity index (χ0n) is 31.5. The van der Waals surface area contributed by atoms with Crippen molar-refractivity contribution < 1.29 is 0 Å². The van der Waals surface area contributed by atoms with Crippen molar-refractivity contribution in [2.75, 3.05) is 4.90 Å². The van der Waals surface area contributed by atoms with E-state index in [1.807, 2.05) is 0 Å². The molecule has 0 fully saturated rings. The van der Waals surface area contributed by atoms with Gasteiger partial charge in [-0.1, -0.05) is 188 Å². The van der Waals surface area contributed by atoms with Crippen LogP contribution in [0.3, 0.4) is 0 Å². The summed E-state index contributed by atoms with van der Waals surface area (Å²) in [5.41, 5.74) is 15.4. The molecule has 0 radical (unpaired) electrons. The van der Waals surface area contributed by atoms with E-state index in [9.17, 15) is 0 Å². The molecule has 0 amide bonds. The molecule has 0 unspecified atom stereocenters. The maximum absolute atomic E-state index is 2.37. The number of nitrogens with zero attached hydrogens (tertiary/aromatic N) is 1. The van der Waals surface area contributed by atoms with Crippen molar-refractivity contribution in [1.29, 1.82) is 0 Å². The molecule has 0 heterocycles. The molecule has 268 valence electrons. The zero-order valence-corrected chi connectivity index (χ0v) is 31.5. The van der Waals surface area contributed by atoms with Crippen molar-refractivity contribution in [2.45, 2.75) is 0 Å². The molecule has 0 bridgehead atoms. The van der Waals surface area contributed by atoms with Crippen LogP contribution in [-0.4, -0.2) is 0 Å². The summed E-state index contributed by atoms with van der Waals surface area (Å²) in [6, 6.07) is 85.6. The van der Waals surface area contributed by atoms with Crippen molar-refractivity contribution in [3.05, 3.63) is 237 Å². The van der Waals surface area contributed by atoms with Crippen LogP contribution < -0.4 is 4.90 Å². The molecule has 0 aliphatic heterocycles. The molecule has 1 nitrogen and oxygen atoms in total. The monoisotopic (exact) mass is 725 g/mol. The Labute approximate surface area is 334 Å². The highest BCUT2D eigenvalue weighted by molar-refractivity contribution is 6.04. The standard InChI is InChI=1S/C56H39N/c1-3-13-40(14-4-1)47-20-11-21-48(37-47)42-27-32-51(33-28-42)57(53-23-12-22-49(39-53)50-26-25-41-15-7-8-19-46(41)38-50)52-34-29-45(30-35-52)56-54-24-10-9-18-44(54)31-36-55(56)43-16-5-2-6-17-43/h1-39H. The Hall–Kier alpha value is -7.48. The summed E-state index contributed by atoms with van der Waals surface area (Å²) >= 11 is 0. The van der Waals surface area contributed by atoms with E-state index in [0.29, 0.717) is 0 Å². The number of fused-ring (bicyclic) bond motifs is 2. The highest BCUT2D eigenvalue weighted by Gasteiger charge is 2.17. The molecule has 0 atom stereocenters. The Bertz CT molecular complexity index is 2980. The van der Waals surface area contributed by atoms with Crippen LogP contribution in [0.1, 0.15) is 0 Å². The van der Waals surface area contributed by atoms with E-state index in [-0.39, 0.29) is 0 Å². The van der Waals surface area contributed by atoms with Gasteiger partial charge < -0.3 is 4.90 Å². The molecule has 0 N–H and O–H groups in total. The molecular formula is C56H39N. The van der Waals surface area contributed by atoms with Crippen molar-refractivity contribution >= 4 is 38.6 Å². The average molecular weight is 726 g/mol. The number of hydrogen-bond acceptors (Lipinski definition) is 1. The third-order valence-corrected chi connectivity index (χ3v) is 11.0. The molecular weight excluding hydrogens is 687 g/mol. The molecule has 10 aromatic carbocycles. The lowest BCUT2D eigenvalue weighted by Gasteiger charge is -2.27. The molecule has 10 rings (SSSR count). The summed E-state index contributed by atoms with van der Waals surface area (Å²) in [6.45, 7) is 0. The predicted molar refractivity (Wildman–Crippen MR) is 243 cm³/mol. The van der Waals surface area contributed by atoms with Gasteiger partial charge in [0.2, 0.25) is 0 Å². The van der Waals surface area contributed by atoms with Crippen LogP contribution in [0.4, 0.5) is 17.1 Å². The predicted octanol–water partition coefficient (Wildman–Crippen LogP) is 15.8. The summed E-state index contributed by atoms with van der Waals surface area (Å²) in [6.07, 6.45) is 0. The van der Waals surface area contributed by atoms with Gasteiger partial charge in [-0.05, 0) is 126 Å². The second kappa shape index (κ2) is 15.0. The molecule has 1 heteroatoms. The van der Waals surface area contributed by atoms with E-state index >= 15 is 0 Å². The van der Waals surface area contributed by atoms with Gasteiger partial charge in [-0.15, -0.1) is 0 Å². The normalized spacial score (nSPS) is 11.2. The first-order valence-corrected chi connectivity index (χ1v) is 19.6. The third kappa shape index (κ3) is 6.77. The Morgan fingerprint density at radius 3 is 1.40 bits per heavy atom. The van der Waals surface area contributed by atoms with Crippen LogP contribution in [0.15, 0.2) is 237 Å². The molecule has 0 saturated carbocycles. The Balaban J connectivity index is 1.08. The van der Waals surface area contributed by atoms with Gasteiger partial charge in [-0.2, -0.15) is 0 Å². The van der Waals surface area contributed by atoms with Crippen molar-refractivity contribution in [2.24, 2.45) is 0 Å². The zero-order chi connectivity index (χ0) is 38.0. The molecule has 0 aliphatic rings. The van der Waals surface area contributed by atoms with Gasteiger partial charge in [-0.3, -0.25) is 0 Å². The van der Waals surface area contributed by atoms with Crippen LogP contribution in [0, 0.1) is 0 Å². The van der Waals surface area contributed by atoms with Crippen LogP contribution >= 0.6 is 0 Å². The number of anilines is 3. The maximum atomic E-state index is 2.37. The van der Waals surface area contributed by atoms with Crippen LogP contribution in [-0.2, 0) is 0 Å². The Morgan fingerprint density at radius 2 is 0.702 bits per heavy atom. The lowest BCUT2D eigenvalue weighted by atomic mass is 9.89. The van der Waals surface area contributed by atoms with E-state index in [1.54, 1.807) is 0 Å². The topological polar surface area (TPSA) is 3.24 Å². The van der Waals surface area contributed by atoms with E-state index in [4.69, 9.17) is 0 Å². The van der Waals surface area contributed by atoms with E-state index < -0.39 is 0 Å². The second-order valence-corrected chi connectivity index (χ2v) is 14.6. The molecule has 0 aliphatic carbocycles. The van der Waals surface area contributed by atoms with E-state index in [2.05, 4.69) is 241 Å². The molecule has 0 aromatic heterocycles. The fourth-order valence-electron chi connectivity index (χ4n) is 8.17. The highest BCUT2D eigenvalue weighted by atomic mass is 15.1. The molecule has 57 heavy (non-hydrogen) atoms. The lowest BCUT2D eigenvalue weighted by Crippen LogP contribution is -2.10. The summed E-state index contributed by atoms with van der Waals surface area (Å²) in [7, 11) is 0. The minimum absolute atomic E-state index is 1.09. The first-order valence-electron chi connectivity index (χ1n) is 19.6. The summed E-state index contributed by atoms with van der Waals surface area (Å²) < 4.78 is 0. The smallest absolute Gasteiger partial charge is 0.0467 e. The maximum Gasteiger partial charge on any atom is 0.0467 e. The van der Waals surface area contributed by atoms with Gasteiger partial charge in [0.25, 0.3) is 0 Å². The Morgan fingerprint density at radius 1 is 0.228 bits per heavy atom. The van der Waals surface area contributed by atoms with Crippen LogP contribution in [0.5, 0.6) is 0 Å². The van der Waals surface area contributed by atoms with Gasteiger partial charge in [-0.25, -0.2) is 0 Å². The Kier molecular flexibility index (Phi) is 8.95. The second-order valence-electron chi connectivity index (χ2n) is 14.6.